The molecular weight excluding hydrogens is 220 g/mol. The van der Waals surface area contributed by atoms with Crippen molar-refractivity contribution in [1.29, 1.82) is 0 Å². The van der Waals surface area contributed by atoms with Crippen LogP contribution in [0.4, 0.5) is 0 Å². The first-order valence-electron chi connectivity index (χ1n) is 8.00. The lowest BCUT2D eigenvalue weighted by molar-refractivity contribution is -0.115. The molecule has 0 spiro atoms. The maximum Gasteiger partial charge on any atom is 0.158 e. The summed E-state index contributed by atoms with van der Waals surface area (Å²) in [6, 6.07) is 0. The van der Waals surface area contributed by atoms with Gasteiger partial charge in [-0.2, -0.15) is 0 Å². The van der Waals surface area contributed by atoms with Crippen molar-refractivity contribution < 1.29 is 4.79 Å². The fourth-order valence-electron chi connectivity index (χ4n) is 2.65. The average molecular weight is 250 g/mol. The molecule has 0 unspecified atom stereocenters. The Hall–Kier alpha value is -0.590. The summed E-state index contributed by atoms with van der Waals surface area (Å²) >= 11 is 0. The minimum absolute atomic E-state index is 0.377. The van der Waals surface area contributed by atoms with E-state index in [1.807, 2.05) is 6.92 Å². The van der Waals surface area contributed by atoms with Crippen LogP contribution in [0.2, 0.25) is 0 Å². The second-order valence-electron chi connectivity index (χ2n) is 5.74. The Morgan fingerprint density at radius 3 is 1.72 bits per heavy atom. The van der Waals surface area contributed by atoms with Gasteiger partial charge in [-0.25, -0.2) is 0 Å². The summed E-state index contributed by atoms with van der Waals surface area (Å²) in [5.74, 6) is 0.377. The smallest absolute Gasteiger partial charge is 0.158 e. The molecule has 104 valence electrons. The van der Waals surface area contributed by atoms with Crippen molar-refractivity contribution in [3.05, 3.63) is 11.6 Å². The van der Waals surface area contributed by atoms with Crippen molar-refractivity contribution in [2.75, 3.05) is 0 Å². The highest BCUT2D eigenvalue weighted by Crippen LogP contribution is 2.15. The molecule has 0 aromatic rings. The van der Waals surface area contributed by atoms with E-state index in [1.165, 1.54) is 64.2 Å². The van der Waals surface area contributed by atoms with Crippen molar-refractivity contribution in [3.63, 3.8) is 0 Å². The minimum atomic E-state index is 0.377. The van der Waals surface area contributed by atoms with Gasteiger partial charge in [-0.1, -0.05) is 63.9 Å². The standard InChI is InChI=1S/C17H30O/c1-16-14-12-10-8-6-4-2-3-5-7-9-11-13-15-17(16)18/h14H,2-13,15H2,1H3/b16-14+. The summed E-state index contributed by atoms with van der Waals surface area (Å²) in [7, 11) is 0. The zero-order chi connectivity index (χ0) is 13.1. The second-order valence-corrected chi connectivity index (χ2v) is 5.74. The van der Waals surface area contributed by atoms with E-state index in [1.54, 1.807) is 0 Å². The molecule has 0 aromatic carbocycles. The summed E-state index contributed by atoms with van der Waals surface area (Å²) in [5, 5.41) is 0. The highest BCUT2D eigenvalue weighted by molar-refractivity contribution is 5.94. The van der Waals surface area contributed by atoms with E-state index in [4.69, 9.17) is 0 Å². The first-order valence-corrected chi connectivity index (χ1v) is 8.00. The minimum Gasteiger partial charge on any atom is -0.295 e. The molecule has 1 nitrogen and oxygen atoms in total. The third kappa shape index (κ3) is 7.68. The lowest BCUT2D eigenvalue weighted by Crippen LogP contribution is -1.99. The molecule has 0 saturated carbocycles. The van der Waals surface area contributed by atoms with Gasteiger partial charge in [0.2, 0.25) is 0 Å². The Morgan fingerprint density at radius 2 is 1.17 bits per heavy atom. The van der Waals surface area contributed by atoms with Crippen molar-refractivity contribution in [1.82, 2.24) is 0 Å². The van der Waals surface area contributed by atoms with Crippen LogP contribution in [-0.2, 0) is 4.79 Å². The van der Waals surface area contributed by atoms with Gasteiger partial charge in [0.25, 0.3) is 0 Å². The number of hydrogen-bond acceptors (Lipinski definition) is 1. The Bertz CT molecular complexity index is 252. The molecule has 0 heterocycles. The third-order valence-electron chi connectivity index (χ3n) is 4.00. The summed E-state index contributed by atoms with van der Waals surface area (Å²) < 4.78 is 0. The van der Waals surface area contributed by atoms with E-state index < -0.39 is 0 Å². The predicted octanol–water partition coefficient (Wildman–Crippen LogP) is 5.59. The summed E-state index contributed by atoms with van der Waals surface area (Å²) in [5.41, 5.74) is 1.00. The highest BCUT2D eigenvalue weighted by atomic mass is 16.1. The lowest BCUT2D eigenvalue weighted by Gasteiger charge is -2.05. The zero-order valence-corrected chi connectivity index (χ0v) is 12.2. The van der Waals surface area contributed by atoms with Crippen LogP contribution >= 0.6 is 0 Å². The molecule has 0 aromatic heterocycles. The average Bonchev–Trinajstić information content (AvgIpc) is 2.37. The Balaban J connectivity index is 2.31. The Morgan fingerprint density at radius 1 is 0.722 bits per heavy atom. The normalized spacial score (nSPS) is 25.4. The predicted molar refractivity (Wildman–Crippen MR) is 78.8 cm³/mol. The van der Waals surface area contributed by atoms with Crippen LogP contribution in [0.5, 0.6) is 0 Å². The fourth-order valence-corrected chi connectivity index (χ4v) is 2.65. The van der Waals surface area contributed by atoms with E-state index in [0.29, 0.717) is 5.78 Å². The van der Waals surface area contributed by atoms with E-state index in [-0.39, 0.29) is 0 Å². The number of ketones is 1. The van der Waals surface area contributed by atoms with Crippen LogP contribution < -0.4 is 0 Å². The molecule has 1 heteroatoms. The van der Waals surface area contributed by atoms with Gasteiger partial charge in [-0.15, -0.1) is 0 Å². The van der Waals surface area contributed by atoms with Gasteiger partial charge in [0.05, 0.1) is 0 Å². The summed E-state index contributed by atoms with van der Waals surface area (Å²) in [6.07, 6.45) is 18.6. The number of carbonyl (C=O) groups excluding carboxylic acids is 1. The number of carbonyl (C=O) groups is 1. The van der Waals surface area contributed by atoms with Crippen molar-refractivity contribution in [3.8, 4) is 0 Å². The molecule has 0 fully saturated rings. The molecule has 18 heavy (non-hydrogen) atoms. The molecule has 0 bridgehead atoms. The SMILES string of the molecule is C/C1=C\CCCCCCCCCCCCCC1=O. The molecule has 1 aliphatic rings. The van der Waals surface area contributed by atoms with E-state index in [2.05, 4.69) is 6.08 Å². The maximum atomic E-state index is 11.8. The molecule has 0 amide bonds. The van der Waals surface area contributed by atoms with Crippen LogP contribution in [-0.4, -0.2) is 5.78 Å². The lowest BCUT2D eigenvalue weighted by atomic mass is 10.0. The molecule has 1 rings (SSSR count). The molecule has 0 aliphatic heterocycles. The van der Waals surface area contributed by atoms with Gasteiger partial charge in [-0.05, 0) is 31.8 Å². The van der Waals surface area contributed by atoms with Crippen LogP contribution in [0.25, 0.3) is 0 Å². The Kier molecular flexibility index (Phi) is 8.89. The van der Waals surface area contributed by atoms with E-state index >= 15 is 0 Å². The zero-order valence-electron chi connectivity index (χ0n) is 12.2. The van der Waals surface area contributed by atoms with Gasteiger partial charge in [-0.3, -0.25) is 4.79 Å². The fraction of sp³-hybridized carbons (Fsp3) is 0.824. The molecular formula is C17H30O. The highest BCUT2D eigenvalue weighted by Gasteiger charge is 2.04. The maximum absolute atomic E-state index is 11.8. The third-order valence-corrected chi connectivity index (χ3v) is 4.00. The van der Waals surface area contributed by atoms with Gasteiger partial charge in [0.15, 0.2) is 5.78 Å². The van der Waals surface area contributed by atoms with Crippen molar-refractivity contribution >= 4 is 5.78 Å². The molecule has 0 saturated heterocycles. The quantitative estimate of drug-likeness (QED) is 0.548. The number of rotatable bonds is 0. The summed E-state index contributed by atoms with van der Waals surface area (Å²) in [4.78, 5) is 11.8. The molecule has 0 atom stereocenters. The van der Waals surface area contributed by atoms with Crippen LogP contribution in [0.15, 0.2) is 11.6 Å². The van der Waals surface area contributed by atoms with Gasteiger partial charge in [0, 0.05) is 6.42 Å². The number of allylic oxidation sites excluding steroid dienone is 2. The van der Waals surface area contributed by atoms with Gasteiger partial charge in [0.1, 0.15) is 0 Å². The van der Waals surface area contributed by atoms with Crippen LogP contribution in [0.3, 0.4) is 0 Å². The first-order chi connectivity index (χ1) is 8.80. The topological polar surface area (TPSA) is 17.1 Å². The molecule has 0 N–H and O–H groups in total. The summed E-state index contributed by atoms with van der Waals surface area (Å²) in [6.45, 7) is 1.99. The number of Topliss-reactive ketones (excluding diaryl/α,β-unsaturated/α-hetero) is 1. The monoisotopic (exact) mass is 250 g/mol. The van der Waals surface area contributed by atoms with E-state index in [0.717, 1.165) is 24.8 Å². The van der Waals surface area contributed by atoms with E-state index in [9.17, 15) is 4.79 Å². The molecule has 1 aliphatic carbocycles. The van der Waals surface area contributed by atoms with Crippen molar-refractivity contribution in [2.24, 2.45) is 0 Å². The van der Waals surface area contributed by atoms with Crippen molar-refractivity contribution in [2.45, 2.75) is 90.4 Å². The van der Waals surface area contributed by atoms with Crippen LogP contribution in [0.1, 0.15) is 90.4 Å². The molecule has 0 radical (unpaired) electrons. The van der Waals surface area contributed by atoms with Gasteiger partial charge < -0.3 is 0 Å². The van der Waals surface area contributed by atoms with Gasteiger partial charge >= 0.3 is 0 Å². The second kappa shape index (κ2) is 10.3. The Labute approximate surface area is 113 Å². The van der Waals surface area contributed by atoms with Crippen LogP contribution in [0, 0.1) is 0 Å². The number of hydrogen-bond donors (Lipinski definition) is 0. The largest absolute Gasteiger partial charge is 0.295 e. The first kappa shape index (κ1) is 15.5.